The maximum atomic E-state index is 11.7. The molecule has 0 aliphatic rings. The molecule has 0 atom stereocenters. The number of amides is 1. The predicted octanol–water partition coefficient (Wildman–Crippen LogP) is 1.88. The zero-order valence-corrected chi connectivity index (χ0v) is 9.03. The van der Waals surface area contributed by atoms with E-state index >= 15 is 0 Å². The first-order valence-electron chi connectivity index (χ1n) is 4.60. The molecule has 1 rings (SSSR count). The first-order chi connectivity index (χ1) is 6.97. The molecule has 1 aromatic rings. The Labute approximate surface area is 88.9 Å². The number of nitrogens with one attached hydrogen (secondary N) is 1. The molecule has 0 aliphatic heterocycles. The van der Waals surface area contributed by atoms with Gasteiger partial charge in [0.15, 0.2) is 0 Å². The molecule has 1 amide bonds. The van der Waals surface area contributed by atoms with E-state index in [1.807, 2.05) is 13.0 Å². The van der Waals surface area contributed by atoms with Gasteiger partial charge in [-0.3, -0.25) is 9.78 Å². The molecule has 15 heavy (non-hydrogen) atoms. The van der Waals surface area contributed by atoms with E-state index in [4.69, 9.17) is 5.26 Å². The van der Waals surface area contributed by atoms with E-state index in [1.165, 1.54) is 0 Å². The third kappa shape index (κ3) is 2.53. The summed E-state index contributed by atoms with van der Waals surface area (Å²) in [6.45, 7) is 5.01. The van der Waals surface area contributed by atoms with Crippen LogP contribution < -0.4 is 5.32 Å². The maximum Gasteiger partial charge on any atom is 0.244 e. The van der Waals surface area contributed by atoms with Gasteiger partial charge in [0.25, 0.3) is 0 Å². The van der Waals surface area contributed by atoms with E-state index in [0.29, 0.717) is 5.69 Å². The van der Waals surface area contributed by atoms with E-state index in [9.17, 15) is 4.79 Å². The number of nitriles is 1. The third-order valence-electron chi connectivity index (χ3n) is 2.12. The standard InChI is InChI=1S/C11H13N3O/c1-8-6-13-5-4-9(8)14-10(15)11(2,3)7-12/h4-6H,1-3H3,(H,13,14,15). The lowest BCUT2D eigenvalue weighted by Gasteiger charge is -2.15. The Hall–Kier alpha value is -1.89. The Kier molecular flexibility index (Phi) is 3.05. The second-order valence-corrected chi connectivity index (χ2v) is 3.88. The summed E-state index contributed by atoms with van der Waals surface area (Å²) in [5.41, 5.74) is 0.549. The van der Waals surface area contributed by atoms with E-state index in [0.717, 1.165) is 5.56 Å². The lowest BCUT2D eigenvalue weighted by molar-refractivity contribution is -0.121. The number of anilines is 1. The molecule has 4 nitrogen and oxygen atoms in total. The predicted molar refractivity (Wildman–Crippen MR) is 57.0 cm³/mol. The van der Waals surface area contributed by atoms with Crippen LogP contribution in [-0.2, 0) is 4.79 Å². The molecule has 0 spiro atoms. The maximum absolute atomic E-state index is 11.7. The Morgan fingerprint density at radius 3 is 2.80 bits per heavy atom. The molecular weight excluding hydrogens is 190 g/mol. The van der Waals surface area contributed by atoms with Gasteiger partial charge < -0.3 is 5.32 Å². The molecule has 0 unspecified atom stereocenters. The summed E-state index contributed by atoms with van der Waals surface area (Å²) in [4.78, 5) is 15.6. The Morgan fingerprint density at radius 1 is 1.60 bits per heavy atom. The van der Waals surface area contributed by atoms with Crippen LogP contribution in [0.2, 0.25) is 0 Å². The van der Waals surface area contributed by atoms with Gasteiger partial charge in [0.2, 0.25) is 5.91 Å². The number of aryl methyl sites for hydroxylation is 1. The summed E-state index contributed by atoms with van der Waals surface area (Å²) >= 11 is 0. The van der Waals surface area contributed by atoms with Crippen molar-refractivity contribution in [2.75, 3.05) is 5.32 Å². The van der Waals surface area contributed by atoms with Crippen LogP contribution >= 0.6 is 0 Å². The lowest BCUT2D eigenvalue weighted by atomic mass is 9.94. The van der Waals surface area contributed by atoms with Crippen molar-refractivity contribution in [2.45, 2.75) is 20.8 Å². The largest absolute Gasteiger partial charge is 0.324 e. The highest BCUT2D eigenvalue weighted by Gasteiger charge is 2.27. The monoisotopic (exact) mass is 203 g/mol. The summed E-state index contributed by atoms with van der Waals surface area (Å²) in [6.07, 6.45) is 3.26. The summed E-state index contributed by atoms with van der Waals surface area (Å²) in [6, 6.07) is 3.66. The number of carbonyl (C=O) groups is 1. The fraction of sp³-hybridized carbons (Fsp3) is 0.364. The van der Waals surface area contributed by atoms with Crippen molar-refractivity contribution in [1.29, 1.82) is 5.26 Å². The molecule has 0 saturated carbocycles. The zero-order valence-electron chi connectivity index (χ0n) is 9.03. The second kappa shape index (κ2) is 4.09. The molecule has 1 N–H and O–H groups in total. The van der Waals surface area contributed by atoms with E-state index in [2.05, 4.69) is 10.3 Å². The quantitative estimate of drug-likeness (QED) is 0.798. The molecule has 0 fully saturated rings. The lowest BCUT2D eigenvalue weighted by Crippen LogP contribution is -2.29. The van der Waals surface area contributed by atoms with Crippen LogP contribution in [0.15, 0.2) is 18.5 Å². The van der Waals surface area contributed by atoms with Crippen molar-refractivity contribution in [2.24, 2.45) is 5.41 Å². The topological polar surface area (TPSA) is 65.8 Å². The zero-order chi connectivity index (χ0) is 11.5. The van der Waals surface area contributed by atoms with Crippen molar-refractivity contribution in [1.82, 2.24) is 4.98 Å². The molecule has 4 heteroatoms. The first kappa shape index (κ1) is 11.2. The summed E-state index contributed by atoms with van der Waals surface area (Å²) in [7, 11) is 0. The Morgan fingerprint density at radius 2 is 2.27 bits per heavy atom. The van der Waals surface area contributed by atoms with Gasteiger partial charge in [-0.15, -0.1) is 0 Å². The Balaban J connectivity index is 2.86. The highest BCUT2D eigenvalue weighted by Crippen LogP contribution is 2.18. The fourth-order valence-electron chi connectivity index (χ4n) is 0.943. The number of aromatic nitrogens is 1. The van der Waals surface area contributed by atoms with Crippen LogP contribution in [0, 0.1) is 23.7 Å². The van der Waals surface area contributed by atoms with Crippen molar-refractivity contribution in [3.63, 3.8) is 0 Å². The molecule has 1 aromatic heterocycles. The first-order valence-corrected chi connectivity index (χ1v) is 4.60. The molecule has 0 saturated heterocycles. The number of hydrogen-bond acceptors (Lipinski definition) is 3. The highest BCUT2D eigenvalue weighted by molar-refractivity contribution is 5.97. The highest BCUT2D eigenvalue weighted by atomic mass is 16.2. The summed E-state index contributed by atoms with van der Waals surface area (Å²) in [5.74, 6) is -0.306. The van der Waals surface area contributed by atoms with Crippen LogP contribution in [0.4, 0.5) is 5.69 Å². The van der Waals surface area contributed by atoms with Crippen molar-refractivity contribution < 1.29 is 4.79 Å². The van der Waals surface area contributed by atoms with Crippen LogP contribution in [0.5, 0.6) is 0 Å². The minimum Gasteiger partial charge on any atom is -0.324 e. The number of pyridine rings is 1. The minimum absolute atomic E-state index is 0.306. The van der Waals surface area contributed by atoms with E-state index in [-0.39, 0.29) is 5.91 Å². The smallest absolute Gasteiger partial charge is 0.244 e. The van der Waals surface area contributed by atoms with Gasteiger partial charge in [-0.2, -0.15) is 5.26 Å². The molecule has 1 heterocycles. The van der Waals surface area contributed by atoms with Crippen molar-refractivity contribution >= 4 is 11.6 Å². The number of hydrogen-bond donors (Lipinski definition) is 1. The van der Waals surface area contributed by atoms with Gasteiger partial charge in [-0.1, -0.05) is 0 Å². The van der Waals surface area contributed by atoms with Gasteiger partial charge in [0.1, 0.15) is 5.41 Å². The van der Waals surface area contributed by atoms with Gasteiger partial charge in [-0.05, 0) is 32.4 Å². The fourth-order valence-corrected chi connectivity index (χ4v) is 0.943. The second-order valence-electron chi connectivity index (χ2n) is 3.88. The van der Waals surface area contributed by atoms with Gasteiger partial charge in [0, 0.05) is 18.1 Å². The average molecular weight is 203 g/mol. The van der Waals surface area contributed by atoms with Crippen LogP contribution in [-0.4, -0.2) is 10.9 Å². The molecular formula is C11H13N3O. The number of carbonyl (C=O) groups excluding carboxylic acids is 1. The number of nitrogens with zero attached hydrogens (tertiary/aromatic N) is 2. The van der Waals surface area contributed by atoms with Gasteiger partial charge >= 0.3 is 0 Å². The molecule has 78 valence electrons. The SMILES string of the molecule is Cc1cnccc1NC(=O)C(C)(C)C#N. The summed E-state index contributed by atoms with van der Waals surface area (Å²) in [5, 5.41) is 11.5. The van der Waals surface area contributed by atoms with E-state index < -0.39 is 5.41 Å². The van der Waals surface area contributed by atoms with Gasteiger partial charge in [-0.25, -0.2) is 0 Å². The normalized spacial score (nSPS) is 10.5. The molecule has 0 bridgehead atoms. The van der Waals surface area contributed by atoms with Crippen LogP contribution in [0.25, 0.3) is 0 Å². The van der Waals surface area contributed by atoms with Crippen molar-refractivity contribution in [3.8, 4) is 6.07 Å². The summed E-state index contributed by atoms with van der Waals surface area (Å²) < 4.78 is 0. The minimum atomic E-state index is -1.02. The molecule has 0 aliphatic carbocycles. The van der Waals surface area contributed by atoms with Gasteiger partial charge in [0.05, 0.1) is 6.07 Å². The molecule has 0 aromatic carbocycles. The average Bonchev–Trinajstić information content (AvgIpc) is 2.21. The third-order valence-corrected chi connectivity index (χ3v) is 2.12. The molecule has 0 radical (unpaired) electrons. The van der Waals surface area contributed by atoms with Crippen molar-refractivity contribution in [3.05, 3.63) is 24.0 Å². The number of rotatable bonds is 2. The van der Waals surface area contributed by atoms with Crippen LogP contribution in [0.1, 0.15) is 19.4 Å². The Bertz CT molecular complexity index is 418. The van der Waals surface area contributed by atoms with E-state index in [1.54, 1.807) is 32.3 Å². The van der Waals surface area contributed by atoms with Crippen LogP contribution in [0.3, 0.4) is 0 Å².